The van der Waals surface area contributed by atoms with Crippen molar-refractivity contribution in [3.63, 3.8) is 0 Å². The van der Waals surface area contributed by atoms with Gasteiger partial charge in [-0.1, -0.05) is 0 Å². The monoisotopic (exact) mass is 261 g/mol. The van der Waals surface area contributed by atoms with E-state index in [1.165, 1.54) is 12.8 Å². The highest BCUT2D eigenvalue weighted by molar-refractivity contribution is 5.55. The molecule has 3 rings (SSSR count). The third kappa shape index (κ3) is 2.41. The van der Waals surface area contributed by atoms with Crippen molar-refractivity contribution in [1.82, 2.24) is 4.98 Å². The van der Waals surface area contributed by atoms with Gasteiger partial charge in [-0.2, -0.15) is 0 Å². The van der Waals surface area contributed by atoms with Crippen LogP contribution in [0.25, 0.3) is 0 Å². The van der Waals surface area contributed by atoms with Crippen LogP contribution in [0.4, 0.5) is 5.82 Å². The zero-order valence-electron chi connectivity index (χ0n) is 11.7. The van der Waals surface area contributed by atoms with Crippen LogP contribution in [0.1, 0.15) is 39.5 Å². The summed E-state index contributed by atoms with van der Waals surface area (Å²) in [6, 6.07) is 5.40. The molecule has 4 nitrogen and oxygen atoms in total. The molecule has 1 aromatic rings. The number of anilines is 1. The van der Waals surface area contributed by atoms with Crippen LogP contribution >= 0.6 is 0 Å². The predicted molar refractivity (Wildman–Crippen MR) is 76.5 cm³/mol. The minimum atomic E-state index is 0.174. The first-order valence-electron chi connectivity index (χ1n) is 7.30. The van der Waals surface area contributed by atoms with Gasteiger partial charge in [0.05, 0.1) is 6.10 Å². The second-order valence-corrected chi connectivity index (χ2v) is 6.02. The Labute approximate surface area is 115 Å². The van der Waals surface area contributed by atoms with Crippen LogP contribution in [0.15, 0.2) is 18.3 Å². The Morgan fingerprint density at radius 3 is 2.63 bits per heavy atom. The number of nitrogens with zero attached hydrogens (tertiary/aromatic N) is 2. The van der Waals surface area contributed by atoms with Gasteiger partial charge in [0.1, 0.15) is 0 Å². The van der Waals surface area contributed by atoms with E-state index < -0.39 is 0 Å². The maximum Gasteiger partial charge on any atom is 0.171 e. The summed E-state index contributed by atoms with van der Waals surface area (Å²) in [6.45, 7) is 4.11. The van der Waals surface area contributed by atoms with Gasteiger partial charge in [-0.05, 0) is 51.7 Å². The molecule has 1 aromatic heterocycles. The van der Waals surface area contributed by atoms with Crippen molar-refractivity contribution < 1.29 is 4.74 Å². The molecule has 2 aliphatic rings. The summed E-state index contributed by atoms with van der Waals surface area (Å²) in [5.74, 6) is 1.92. The highest BCUT2D eigenvalue weighted by atomic mass is 16.5. The number of hydrogen-bond donors (Lipinski definition) is 1. The first-order valence-corrected chi connectivity index (χ1v) is 7.30. The first kappa shape index (κ1) is 12.7. The van der Waals surface area contributed by atoms with E-state index in [9.17, 15) is 0 Å². The number of hydrogen-bond acceptors (Lipinski definition) is 4. The van der Waals surface area contributed by atoms with Gasteiger partial charge in [-0.15, -0.1) is 0 Å². The molecule has 3 heterocycles. The molecule has 2 saturated heterocycles. The molecule has 2 aliphatic heterocycles. The lowest BCUT2D eigenvalue weighted by molar-refractivity contribution is 0.240. The maximum absolute atomic E-state index is 6.14. The highest BCUT2D eigenvalue weighted by Gasteiger charge is 2.41. The van der Waals surface area contributed by atoms with Crippen LogP contribution in [0.5, 0.6) is 5.75 Å². The molecule has 0 saturated carbocycles. The van der Waals surface area contributed by atoms with Crippen molar-refractivity contribution in [2.75, 3.05) is 4.90 Å². The van der Waals surface area contributed by atoms with Crippen LogP contribution in [-0.4, -0.2) is 29.2 Å². The van der Waals surface area contributed by atoms with Gasteiger partial charge in [-0.25, -0.2) is 4.98 Å². The summed E-state index contributed by atoms with van der Waals surface area (Å²) in [7, 11) is 0. The summed E-state index contributed by atoms with van der Waals surface area (Å²) in [5.41, 5.74) is 6.14. The second kappa shape index (κ2) is 5.00. The van der Waals surface area contributed by atoms with Crippen LogP contribution in [0, 0.1) is 0 Å². The van der Waals surface area contributed by atoms with Crippen molar-refractivity contribution in [2.45, 2.75) is 63.8 Å². The minimum Gasteiger partial charge on any atom is -0.487 e. The molecule has 104 valence electrons. The summed E-state index contributed by atoms with van der Waals surface area (Å²) < 4.78 is 5.91. The minimum absolute atomic E-state index is 0.174. The fraction of sp³-hybridized carbons (Fsp3) is 0.667. The summed E-state index contributed by atoms with van der Waals surface area (Å²) in [4.78, 5) is 7.04. The third-order valence-electron chi connectivity index (χ3n) is 4.13. The molecule has 4 heteroatoms. The normalized spacial score (nSPS) is 29.9. The van der Waals surface area contributed by atoms with Gasteiger partial charge in [0.25, 0.3) is 0 Å². The molecule has 0 radical (unpaired) electrons. The van der Waals surface area contributed by atoms with Gasteiger partial charge >= 0.3 is 0 Å². The van der Waals surface area contributed by atoms with E-state index in [1.807, 2.05) is 18.3 Å². The standard InChI is InChI=1S/C15H23N3O/c1-10(2)19-14-4-3-7-17-15(14)18-12-5-6-13(18)9-11(16)8-12/h3-4,7,10-13H,5-6,8-9,16H2,1-2H3. The second-order valence-electron chi connectivity index (χ2n) is 6.02. The Kier molecular flexibility index (Phi) is 3.35. The number of rotatable bonds is 3. The Morgan fingerprint density at radius 2 is 2.00 bits per heavy atom. The Balaban J connectivity index is 1.90. The zero-order valence-corrected chi connectivity index (χ0v) is 11.7. The fourth-order valence-electron chi connectivity index (χ4n) is 3.49. The average molecular weight is 261 g/mol. The van der Waals surface area contributed by atoms with Gasteiger partial charge in [-0.3, -0.25) is 0 Å². The lowest BCUT2D eigenvalue weighted by atomic mass is 9.98. The maximum atomic E-state index is 6.14. The van der Waals surface area contributed by atoms with Crippen LogP contribution < -0.4 is 15.4 Å². The number of aromatic nitrogens is 1. The van der Waals surface area contributed by atoms with E-state index >= 15 is 0 Å². The molecule has 0 spiro atoms. The third-order valence-corrected chi connectivity index (χ3v) is 4.13. The number of nitrogens with two attached hydrogens (primary N) is 1. The summed E-state index contributed by atoms with van der Waals surface area (Å²) >= 11 is 0. The van der Waals surface area contributed by atoms with Gasteiger partial charge < -0.3 is 15.4 Å². The number of piperidine rings is 1. The predicted octanol–water partition coefficient (Wildman–Crippen LogP) is 2.33. The lowest BCUT2D eigenvalue weighted by Gasteiger charge is -2.39. The SMILES string of the molecule is CC(C)Oc1cccnc1N1C2CCC1CC(N)C2. The number of ether oxygens (including phenoxy) is 1. The van der Waals surface area contributed by atoms with Crippen LogP contribution in [0.3, 0.4) is 0 Å². The summed E-state index contributed by atoms with van der Waals surface area (Å²) in [5, 5.41) is 0. The summed E-state index contributed by atoms with van der Waals surface area (Å²) in [6.07, 6.45) is 6.65. The van der Waals surface area contributed by atoms with Gasteiger partial charge in [0.2, 0.25) is 0 Å². The van der Waals surface area contributed by atoms with E-state index in [0.717, 1.165) is 24.4 Å². The molecule has 2 fully saturated rings. The Morgan fingerprint density at radius 1 is 1.32 bits per heavy atom. The lowest BCUT2D eigenvalue weighted by Crippen LogP contribution is -2.48. The quantitative estimate of drug-likeness (QED) is 0.907. The van der Waals surface area contributed by atoms with Gasteiger partial charge in [0.15, 0.2) is 11.6 Å². The topological polar surface area (TPSA) is 51.4 Å². The molecule has 0 aliphatic carbocycles. The van der Waals surface area contributed by atoms with E-state index in [4.69, 9.17) is 10.5 Å². The average Bonchev–Trinajstić information content (AvgIpc) is 2.62. The van der Waals surface area contributed by atoms with Gasteiger partial charge in [0, 0.05) is 24.3 Å². The highest BCUT2D eigenvalue weighted by Crippen LogP contribution is 2.41. The number of pyridine rings is 1. The molecule has 2 N–H and O–H groups in total. The molecular formula is C15H23N3O. The number of fused-ring (bicyclic) bond motifs is 2. The van der Waals surface area contributed by atoms with Crippen molar-refractivity contribution in [3.8, 4) is 5.75 Å². The van der Waals surface area contributed by atoms with E-state index in [0.29, 0.717) is 18.1 Å². The molecule has 0 amide bonds. The molecule has 2 unspecified atom stereocenters. The smallest absolute Gasteiger partial charge is 0.171 e. The molecule has 0 aromatic carbocycles. The molecular weight excluding hydrogens is 238 g/mol. The van der Waals surface area contributed by atoms with Crippen molar-refractivity contribution in [3.05, 3.63) is 18.3 Å². The van der Waals surface area contributed by atoms with Crippen LogP contribution in [-0.2, 0) is 0 Å². The zero-order chi connectivity index (χ0) is 13.4. The largest absolute Gasteiger partial charge is 0.487 e. The first-order chi connectivity index (χ1) is 9.15. The van der Waals surface area contributed by atoms with Crippen molar-refractivity contribution in [2.24, 2.45) is 5.73 Å². The van der Waals surface area contributed by atoms with E-state index in [2.05, 4.69) is 23.7 Å². The fourth-order valence-corrected chi connectivity index (χ4v) is 3.49. The molecule has 2 atom stereocenters. The Hall–Kier alpha value is -1.29. The van der Waals surface area contributed by atoms with Crippen molar-refractivity contribution in [1.29, 1.82) is 0 Å². The molecule has 19 heavy (non-hydrogen) atoms. The van der Waals surface area contributed by atoms with Crippen molar-refractivity contribution >= 4 is 5.82 Å². The van der Waals surface area contributed by atoms with E-state index in [-0.39, 0.29) is 6.10 Å². The van der Waals surface area contributed by atoms with Crippen LogP contribution in [0.2, 0.25) is 0 Å². The van der Waals surface area contributed by atoms with E-state index in [1.54, 1.807) is 0 Å². The Bertz CT molecular complexity index is 435. The molecule has 2 bridgehead atoms.